The molecular weight excluding hydrogens is 447 g/mol. The van der Waals surface area contributed by atoms with E-state index in [1.165, 1.54) is 34.7 Å². The second kappa shape index (κ2) is 8.17. The number of fused-ring (bicyclic) bond motifs is 1. The van der Waals surface area contributed by atoms with Gasteiger partial charge in [0.05, 0.1) is 6.54 Å². The van der Waals surface area contributed by atoms with Gasteiger partial charge in [-0.15, -0.1) is 11.3 Å². The van der Waals surface area contributed by atoms with Crippen molar-refractivity contribution in [2.45, 2.75) is 50.9 Å². The zero-order valence-corrected chi connectivity index (χ0v) is 19.0. The molecule has 33 heavy (non-hydrogen) atoms. The first-order chi connectivity index (χ1) is 15.8. The second-order valence-corrected chi connectivity index (χ2v) is 9.78. The van der Waals surface area contributed by atoms with Crippen molar-refractivity contribution in [1.29, 1.82) is 0 Å². The highest BCUT2D eigenvalue weighted by Gasteiger charge is 2.39. The topological polar surface area (TPSA) is 38.1 Å². The van der Waals surface area contributed by atoms with Crippen LogP contribution >= 0.6 is 11.3 Å². The van der Waals surface area contributed by atoms with Crippen LogP contribution in [0.1, 0.15) is 58.2 Å². The van der Waals surface area contributed by atoms with Crippen LogP contribution in [0.3, 0.4) is 0 Å². The number of carbonyl (C=O) groups excluding carboxylic acids is 1. The van der Waals surface area contributed by atoms with Gasteiger partial charge in [0.15, 0.2) is 5.69 Å². The molecule has 2 aromatic heterocycles. The van der Waals surface area contributed by atoms with E-state index < -0.39 is 11.9 Å². The number of carbonyl (C=O) groups is 1. The number of halogens is 3. The van der Waals surface area contributed by atoms with E-state index in [0.717, 1.165) is 16.0 Å². The highest BCUT2D eigenvalue weighted by atomic mass is 32.1. The Balaban J connectivity index is 1.66. The van der Waals surface area contributed by atoms with Crippen LogP contribution in [-0.4, -0.2) is 27.1 Å². The van der Waals surface area contributed by atoms with Crippen molar-refractivity contribution in [2.24, 2.45) is 0 Å². The summed E-state index contributed by atoms with van der Waals surface area (Å²) in [5, 5.41) is 3.81. The maximum Gasteiger partial charge on any atom is 0.435 e. The third kappa shape index (κ3) is 4.01. The first kappa shape index (κ1) is 21.9. The molecule has 0 saturated heterocycles. The number of aromatic nitrogens is 2. The molecule has 0 bridgehead atoms. The summed E-state index contributed by atoms with van der Waals surface area (Å²) in [6.45, 7) is 6.65. The molecule has 1 aliphatic carbocycles. The molecule has 0 N–H and O–H groups in total. The van der Waals surface area contributed by atoms with Gasteiger partial charge in [-0.25, -0.2) is 0 Å². The zero-order valence-electron chi connectivity index (χ0n) is 18.2. The standard InChI is InChI=1S/C25H24F3N3OS/c1-3-23(32)30-12-19(18-11-21(15-9-10-15)33-22(18)14-30)16-7-5-6-8-17(16)20-13-31(4-2)29-24(20)25(26,27)28/h3,5-8,11,13,15,19H,1,4,9-10,12,14H2,2H3/t19-/m0/s1. The minimum Gasteiger partial charge on any atom is -0.333 e. The van der Waals surface area contributed by atoms with Crippen molar-refractivity contribution in [3.8, 4) is 11.1 Å². The molecule has 3 aromatic rings. The molecule has 8 heteroatoms. The molecular formula is C25H24F3N3OS. The van der Waals surface area contributed by atoms with Gasteiger partial charge in [-0.05, 0) is 54.5 Å². The average molecular weight is 472 g/mol. The summed E-state index contributed by atoms with van der Waals surface area (Å²) in [6, 6.07) is 9.42. The Morgan fingerprint density at radius 1 is 1.24 bits per heavy atom. The Labute approximate surface area is 194 Å². The summed E-state index contributed by atoms with van der Waals surface area (Å²) in [6.07, 6.45) is 0.548. The minimum absolute atomic E-state index is 0.0753. The maximum atomic E-state index is 13.9. The van der Waals surface area contributed by atoms with Crippen LogP contribution < -0.4 is 0 Å². The quantitative estimate of drug-likeness (QED) is 0.416. The first-order valence-corrected chi connectivity index (χ1v) is 11.9. The molecule has 0 radical (unpaired) electrons. The van der Waals surface area contributed by atoms with Crippen molar-refractivity contribution < 1.29 is 18.0 Å². The minimum atomic E-state index is -4.56. The van der Waals surface area contributed by atoms with Gasteiger partial charge < -0.3 is 4.90 Å². The molecule has 1 atom stereocenters. The number of benzene rings is 1. The van der Waals surface area contributed by atoms with Gasteiger partial charge in [-0.2, -0.15) is 18.3 Å². The number of aryl methyl sites for hydroxylation is 1. The van der Waals surface area contributed by atoms with Crippen molar-refractivity contribution in [1.82, 2.24) is 14.7 Å². The third-order valence-electron chi connectivity index (χ3n) is 6.42. The lowest BCUT2D eigenvalue weighted by Crippen LogP contribution is -2.37. The Hall–Kier alpha value is -2.87. The van der Waals surface area contributed by atoms with Gasteiger partial charge in [-0.3, -0.25) is 9.48 Å². The summed E-state index contributed by atoms with van der Waals surface area (Å²) >= 11 is 1.73. The number of thiophene rings is 1. The summed E-state index contributed by atoms with van der Waals surface area (Å²) in [4.78, 5) is 16.7. The number of alkyl halides is 3. The fraction of sp³-hybridized carbons (Fsp3) is 0.360. The van der Waals surface area contributed by atoms with Crippen LogP contribution in [0.15, 0.2) is 49.2 Å². The van der Waals surface area contributed by atoms with Crippen LogP contribution in [0.5, 0.6) is 0 Å². The van der Waals surface area contributed by atoms with Gasteiger partial charge in [-0.1, -0.05) is 30.8 Å². The highest BCUT2D eigenvalue weighted by molar-refractivity contribution is 7.12. The number of hydrogen-bond donors (Lipinski definition) is 0. The van der Waals surface area contributed by atoms with Crippen molar-refractivity contribution in [3.63, 3.8) is 0 Å². The molecule has 4 nitrogen and oxygen atoms in total. The molecule has 2 aliphatic rings. The van der Waals surface area contributed by atoms with Gasteiger partial charge >= 0.3 is 6.18 Å². The maximum absolute atomic E-state index is 13.9. The molecule has 0 spiro atoms. The zero-order chi connectivity index (χ0) is 23.3. The van der Waals surface area contributed by atoms with Crippen LogP contribution in [-0.2, 0) is 24.1 Å². The van der Waals surface area contributed by atoms with Crippen molar-refractivity contribution >= 4 is 17.2 Å². The van der Waals surface area contributed by atoms with Crippen molar-refractivity contribution in [3.05, 3.63) is 75.8 Å². The lowest BCUT2D eigenvalue weighted by atomic mass is 9.83. The smallest absolute Gasteiger partial charge is 0.333 e. The molecule has 1 aliphatic heterocycles. The molecule has 1 aromatic carbocycles. The SMILES string of the molecule is C=CC(=O)N1Cc2sc(C3CC3)cc2[C@H](c2ccccc2-c2cn(CC)nc2C(F)(F)F)C1. The van der Waals surface area contributed by atoms with Crippen molar-refractivity contribution in [2.75, 3.05) is 6.54 Å². The van der Waals surface area contributed by atoms with Gasteiger partial charge in [0.25, 0.3) is 0 Å². The Bertz CT molecular complexity index is 1220. The van der Waals surface area contributed by atoms with E-state index in [1.54, 1.807) is 35.3 Å². The molecule has 172 valence electrons. The van der Waals surface area contributed by atoms with E-state index in [4.69, 9.17) is 0 Å². The summed E-state index contributed by atoms with van der Waals surface area (Å²) in [7, 11) is 0. The normalized spacial score (nSPS) is 18.3. The number of rotatable bonds is 5. The second-order valence-electron chi connectivity index (χ2n) is 8.61. The van der Waals surface area contributed by atoms with Gasteiger partial charge in [0.2, 0.25) is 5.91 Å². The monoisotopic (exact) mass is 471 g/mol. The number of amides is 1. The Morgan fingerprint density at radius 2 is 2.00 bits per heavy atom. The third-order valence-corrected chi connectivity index (χ3v) is 7.72. The van der Waals surface area contributed by atoms with E-state index >= 15 is 0 Å². The molecule has 1 fully saturated rings. The van der Waals surface area contributed by atoms with Crippen LogP contribution in [0, 0.1) is 0 Å². The molecule has 0 unspecified atom stereocenters. The fourth-order valence-corrected chi connectivity index (χ4v) is 6.02. The lowest BCUT2D eigenvalue weighted by molar-refractivity contribution is -0.141. The first-order valence-electron chi connectivity index (χ1n) is 11.1. The summed E-state index contributed by atoms with van der Waals surface area (Å²) in [5.74, 6) is 0.183. The van der Waals surface area contributed by atoms with E-state index in [9.17, 15) is 18.0 Å². The number of nitrogens with zero attached hydrogens (tertiary/aromatic N) is 3. The summed E-state index contributed by atoms with van der Waals surface area (Å²) < 4.78 is 42.9. The predicted octanol–water partition coefficient (Wildman–Crippen LogP) is 6.19. The fourth-order valence-electron chi connectivity index (χ4n) is 4.61. The summed E-state index contributed by atoms with van der Waals surface area (Å²) in [5.41, 5.74) is 1.61. The van der Waals surface area contributed by atoms with Crippen LogP contribution in [0.2, 0.25) is 0 Å². The van der Waals surface area contributed by atoms with Gasteiger partial charge in [0.1, 0.15) is 0 Å². The molecule has 5 rings (SSSR count). The van der Waals surface area contributed by atoms with Crippen LogP contribution in [0.25, 0.3) is 11.1 Å². The Kier molecular flexibility index (Phi) is 5.43. The molecule has 1 saturated carbocycles. The van der Waals surface area contributed by atoms with E-state index in [1.807, 2.05) is 12.1 Å². The Morgan fingerprint density at radius 3 is 2.67 bits per heavy atom. The number of hydrogen-bond acceptors (Lipinski definition) is 3. The lowest BCUT2D eigenvalue weighted by Gasteiger charge is -2.33. The molecule has 1 amide bonds. The van der Waals surface area contributed by atoms with E-state index in [0.29, 0.717) is 31.1 Å². The van der Waals surface area contributed by atoms with E-state index in [2.05, 4.69) is 17.7 Å². The van der Waals surface area contributed by atoms with E-state index in [-0.39, 0.29) is 17.4 Å². The van der Waals surface area contributed by atoms with Gasteiger partial charge in [0, 0.05) is 40.5 Å². The van der Waals surface area contributed by atoms with Crippen LogP contribution in [0.4, 0.5) is 13.2 Å². The predicted molar refractivity (Wildman–Crippen MR) is 122 cm³/mol. The average Bonchev–Trinajstić information content (AvgIpc) is 3.40. The largest absolute Gasteiger partial charge is 0.435 e. The molecule has 3 heterocycles. The highest BCUT2D eigenvalue weighted by Crippen LogP contribution is 2.49.